The second kappa shape index (κ2) is 8.21. The van der Waals surface area contributed by atoms with E-state index in [-0.39, 0.29) is 17.5 Å². The number of hydrogen-bond donors (Lipinski definition) is 0. The highest BCUT2D eigenvalue weighted by Gasteiger charge is 2.28. The Kier molecular flexibility index (Phi) is 5.30. The summed E-state index contributed by atoms with van der Waals surface area (Å²) in [6, 6.07) is 10.6. The fourth-order valence-corrected chi connectivity index (χ4v) is 3.37. The number of furan rings is 1. The lowest BCUT2D eigenvalue weighted by molar-refractivity contribution is 0.0745. The van der Waals surface area contributed by atoms with Crippen molar-refractivity contribution in [1.82, 2.24) is 9.88 Å². The summed E-state index contributed by atoms with van der Waals surface area (Å²) in [7, 11) is 3.08. The van der Waals surface area contributed by atoms with Crippen molar-refractivity contribution in [2.24, 2.45) is 0 Å². The molecular formula is C21H20N4O5. The van der Waals surface area contributed by atoms with Gasteiger partial charge in [0.15, 0.2) is 17.3 Å². The van der Waals surface area contributed by atoms with Gasteiger partial charge in [-0.1, -0.05) is 0 Å². The molecule has 0 spiro atoms. The number of oxazole rings is 1. The maximum absolute atomic E-state index is 12.9. The summed E-state index contributed by atoms with van der Waals surface area (Å²) in [6.07, 6.45) is 1.52. The van der Waals surface area contributed by atoms with Gasteiger partial charge in [0.1, 0.15) is 6.07 Å². The standard InChI is InChI=1S/C21H20N4O5/c1-27-16-6-5-14(12-18(16)28-2)20(26)24-7-9-25(10-8-24)21-15(13-22)23-19(30-21)17-4-3-11-29-17/h3-6,11-12H,7-10H2,1-2H3. The van der Waals surface area contributed by atoms with Gasteiger partial charge in [-0.15, -0.1) is 0 Å². The van der Waals surface area contributed by atoms with Crippen LogP contribution in [0.25, 0.3) is 11.7 Å². The SMILES string of the molecule is COc1ccc(C(=O)N2CCN(c3oc(-c4ccco4)nc3C#N)CC2)cc1OC. The van der Waals surface area contributed by atoms with E-state index in [0.29, 0.717) is 54.9 Å². The molecule has 3 heterocycles. The van der Waals surface area contributed by atoms with Crippen LogP contribution in [-0.2, 0) is 0 Å². The maximum atomic E-state index is 12.9. The van der Waals surface area contributed by atoms with Crippen LogP contribution in [0.3, 0.4) is 0 Å². The van der Waals surface area contributed by atoms with Crippen molar-refractivity contribution in [3.8, 4) is 29.2 Å². The Bertz CT molecular complexity index is 1080. The van der Waals surface area contributed by atoms with Gasteiger partial charge in [0, 0.05) is 31.7 Å². The molecule has 1 aliphatic heterocycles. The van der Waals surface area contributed by atoms with E-state index in [1.54, 1.807) is 42.3 Å². The lowest BCUT2D eigenvalue weighted by Crippen LogP contribution is -2.48. The first-order valence-electron chi connectivity index (χ1n) is 9.35. The van der Waals surface area contributed by atoms with Gasteiger partial charge in [0.25, 0.3) is 11.8 Å². The van der Waals surface area contributed by atoms with Crippen molar-refractivity contribution in [2.75, 3.05) is 45.3 Å². The molecule has 30 heavy (non-hydrogen) atoms. The summed E-state index contributed by atoms with van der Waals surface area (Å²) in [5, 5.41) is 9.42. The van der Waals surface area contributed by atoms with Crippen LogP contribution in [0.1, 0.15) is 16.1 Å². The van der Waals surface area contributed by atoms with E-state index in [4.69, 9.17) is 18.3 Å². The zero-order valence-corrected chi connectivity index (χ0v) is 16.6. The van der Waals surface area contributed by atoms with E-state index in [2.05, 4.69) is 11.1 Å². The highest BCUT2D eigenvalue weighted by Crippen LogP contribution is 2.30. The first kappa shape index (κ1) is 19.4. The minimum Gasteiger partial charge on any atom is -0.493 e. The van der Waals surface area contributed by atoms with Crippen LogP contribution in [0.5, 0.6) is 11.5 Å². The van der Waals surface area contributed by atoms with Gasteiger partial charge in [-0.05, 0) is 30.3 Å². The molecule has 1 aliphatic rings. The summed E-state index contributed by atoms with van der Waals surface area (Å²) < 4.78 is 21.6. The van der Waals surface area contributed by atoms with E-state index in [0.717, 1.165) is 0 Å². The Balaban J connectivity index is 1.47. The van der Waals surface area contributed by atoms with Crippen LogP contribution < -0.4 is 14.4 Å². The molecule has 0 radical (unpaired) electrons. The topological polar surface area (TPSA) is 105 Å². The number of amides is 1. The number of carbonyl (C=O) groups is 1. The molecule has 1 aromatic carbocycles. The number of piperazine rings is 1. The molecule has 2 aromatic heterocycles. The number of carbonyl (C=O) groups excluding carboxylic acids is 1. The van der Waals surface area contributed by atoms with Gasteiger partial charge >= 0.3 is 0 Å². The first-order chi connectivity index (χ1) is 14.6. The fraction of sp³-hybridized carbons (Fsp3) is 0.286. The molecule has 0 N–H and O–H groups in total. The second-order valence-electron chi connectivity index (χ2n) is 6.61. The lowest BCUT2D eigenvalue weighted by atomic mass is 10.1. The number of anilines is 1. The Hall–Kier alpha value is -3.93. The minimum absolute atomic E-state index is 0.0926. The number of benzene rings is 1. The summed E-state index contributed by atoms with van der Waals surface area (Å²) in [5.74, 6) is 2.09. The number of methoxy groups -OCH3 is 2. The third-order valence-corrected chi connectivity index (χ3v) is 4.93. The molecule has 0 bridgehead atoms. The average molecular weight is 408 g/mol. The number of nitrogens with zero attached hydrogens (tertiary/aromatic N) is 4. The van der Waals surface area contributed by atoms with E-state index in [1.165, 1.54) is 13.4 Å². The van der Waals surface area contributed by atoms with Gasteiger partial charge in [-0.3, -0.25) is 4.79 Å². The molecule has 0 aliphatic carbocycles. The molecule has 1 amide bonds. The maximum Gasteiger partial charge on any atom is 0.266 e. The predicted molar refractivity (Wildman–Crippen MR) is 107 cm³/mol. The highest BCUT2D eigenvalue weighted by atomic mass is 16.5. The van der Waals surface area contributed by atoms with E-state index in [1.807, 2.05) is 4.90 Å². The largest absolute Gasteiger partial charge is 0.493 e. The molecule has 1 saturated heterocycles. The lowest BCUT2D eigenvalue weighted by Gasteiger charge is -2.34. The molecule has 9 nitrogen and oxygen atoms in total. The smallest absolute Gasteiger partial charge is 0.266 e. The fourth-order valence-electron chi connectivity index (χ4n) is 3.37. The predicted octanol–water partition coefficient (Wildman–Crippen LogP) is 2.79. The van der Waals surface area contributed by atoms with Crippen molar-refractivity contribution in [1.29, 1.82) is 5.26 Å². The van der Waals surface area contributed by atoms with Crippen molar-refractivity contribution in [2.45, 2.75) is 0 Å². The number of aromatic nitrogens is 1. The van der Waals surface area contributed by atoms with Crippen LogP contribution in [0.4, 0.5) is 5.88 Å². The average Bonchev–Trinajstić information content (AvgIpc) is 3.48. The third kappa shape index (κ3) is 3.55. The summed E-state index contributed by atoms with van der Waals surface area (Å²) >= 11 is 0. The van der Waals surface area contributed by atoms with Crippen molar-refractivity contribution in [3.05, 3.63) is 47.9 Å². The summed E-state index contributed by atoms with van der Waals surface area (Å²) in [6.45, 7) is 1.99. The zero-order valence-electron chi connectivity index (χ0n) is 16.6. The Morgan fingerprint density at radius 2 is 1.90 bits per heavy atom. The first-order valence-corrected chi connectivity index (χ1v) is 9.35. The molecular weight excluding hydrogens is 388 g/mol. The molecule has 0 saturated carbocycles. The monoisotopic (exact) mass is 408 g/mol. The van der Waals surface area contributed by atoms with Crippen LogP contribution in [0, 0.1) is 11.3 Å². The number of rotatable bonds is 5. The van der Waals surface area contributed by atoms with Gasteiger partial charge in [-0.2, -0.15) is 10.2 Å². The van der Waals surface area contributed by atoms with E-state index in [9.17, 15) is 10.1 Å². The minimum atomic E-state index is -0.0926. The summed E-state index contributed by atoms with van der Waals surface area (Å²) in [5.41, 5.74) is 0.722. The van der Waals surface area contributed by atoms with Crippen molar-refractivity contribution < 1.29 is 23.1 Å². The molecule has 9 heteroatoms. The van der Waals surface area contributed by atoms with E-state index >= 15 is 0 Å². The van der Waals surface area contributed by atoms with Gasteiger partial charge < -0.3 is 28.1 Å². The summed E-state index contributed by atoms with van der Waals surface area (Å²) in [4.78, 5) is 20.8. The third-order valence-electron chi connectivity index (χ3n) is 4.93. The molecule has 1 fully saturated rings. The number of hydrogen-bond acceptors (Lipinski definition) is 8. The van der Waals surface area contributed by atoms with Crippen molar-refractivity contribution >= 4 is 11.8 Å². The Morgan fingerprint density at radius 1 is 1.13 bits per heavy atom. The normalized spacial score (nSPS) is 13.8. The number of ether oxygens (including phenoxy) is 2. The van der Waals surface area contributed by atoms with Crippen molar-refractivity contribution in [3.63, 3.8) is 0 Å². The van der Waals surface area contributed by atoms with Crippen LogP contribution in [0.15, 0.2) is 45.4 Å². The van der Waals surface area contributed by atoms with Crippen LogP contribution in [0.2, 0.25) is 0 Å². The Morgan fingerprint density at radius 3 is 2.53 bits per heavy atom. The van der Waals surface area contributed by atoms with Gasteiger partial charge in [0.2, 0.25) is 11.6 Å². The van der Waals surface area contributed by atoms with Gasteiger partial charge in [-0.25, -0.2) is 0 Å². The van der Waals surface area contributed by atoms with E-state index < -0.39 is 0 Å². The molecule has 0 unspecified atom stereocenters. The quantitative estimate of drug-likeness (QED) is 0.635. The molecule has 4 rings (SSSR count). The van der Waals surface area contributed by atoms with Gasteiger partial charge in [0.05, 0.1) is 20.5 Å². The molecule has 3 aromatic rings. The second-order valence-corrected chi connectivity index (χ2v) is 6.61. The molecule has 0 atom stereocenters. The Labute approximate surface area is 173 Å². The molecule has 154 valence electrons. The highest BCUT2D eigenvalue weighted by molar-refractivity contribution is 5.95. The zero-order chi connectivity index (χ0) is 21.1. The van der Waals surface area contributed by atoms with Crippen LogP contribution >= 0.6 is 0 Å². The number of nitriles is 1. The van der Waals surface area contributed by atoms with Crippen LogP contribution in [-0.4, -0.2) is 56.2 Å².